The van der Waals surface area contributed by atoms with Crippen LogP contribution in [0.2, 0.25) is 0 Å². The first-order chi connectivity index (χ1) is 15.2. The first kappa shape index (κ1) is 20.2. The molecule has 4 nitrogen and oxygen atoms in total. The number of ether oxygens (including phenoxy) is 1. The van der Waals surface area contributed by atoms with Crippen molar-refractivity contribution in [1.29, 1.82) is 0 Å². The molecule has 1 amide bonds. The van der Waals surface area contributed by atoms with Crippen LogP contribution in [0.5, 0.6) is 5.75 Å². The molecule has 0 saturated carbocycles. The summed E-state index contributed by atoms with van der Waals surface area (Å²) in [5.41, 5.74) is 1.04. The molecule has 0 atom stereocenters. The number of rotatable bonds is 6. The fraction of sp³-hybridized carbons (Fsp3) is 0.240. The molecule has 6 heteroatoms. The van der Waals surface area contributed by atoms with Crippen molar-refractivity contribution in [3.8, 4) is 5.75 Å². The summed E-state index contributed by atoms with van der Waals surface area (Å²) >= 11 is 3.30. The number of hydrogen-bond donors (Lipinski definition) is 0. The Hall–Kier alpha value is -2.67. The standard InChI is InChI=1S/C25H24N2O2S2/c28-25(27-11-9-26(10-12-27)16-23-6-3-13-30-23)24-14-19(18-31-24)17-29-22-8-7-20-4-1-2-5-21(20)15-22/h1-8,13-15,18H,9-12,16-17H2. The van der Waals surface area contributed by atoms with E-state index in [1.54, 1.807) is 11.3 Å². The van der Waals surface area contributed by atoms with Crippen molar-refractivity contribution in [2.45, 2.75) is 13.2 Å². The summed E-state index contributed by atoms with van der Waals surface area (Å²) in [7, 11) is 0. The lowest BCUT2D eigenvalue weighted by molar-refractivity contribution is 0.0634. The topological polar surface area (TPSA) is 32.8 Å². The van der Waals surface area contributed by atoms with E-state index in [4.69, 9.17) is 4.74 Å². The van der Waals surface area contributed by atoms with Crippen molar-refractivity contribution < 1.29 is 9.53 Å². The van der Waals surface area contributed by atoms with Gasteiger partial charge in [-0.25, -0.2) is 0 Å². The van der Waals surface area contributed by atoms with Crippen LogP contribution >= 0.6 is 22.7 Å². The smallest absolute Gasteiger partial charge is 0.264 e. The van der Waals surface area contributed by atoms with E-state index in [0.29, 0.717) is 6.61 Å². The summed E-state index contributed by atoms with van der Waals surface area (Å²) in [6.07, 6.45) is 0. The van der Waals surface area contributed by atoms with Gasteiger partial charge in [-0.1, -0.05) is 36.4 Å². The molecule has 0 spiro atoms. The Labute approximate surface area is 190 Å². The third kappa shape index (κ3) is 4.82. The van der Waals surface area contributed by atoms with E-state index in [0.717, 1.165) is 48.9 Å². The maximum Gasteiger partial charge on any atom is 0.264 e. The Morgan fingerprint density at radius 1 is 0.903 bits per heavy atom. The zero-order chi connectivity index (χ0) is 21.0. The highest BCUT2D eigenvalue weighted by Crippen LogP contribution is 2.23. The summed E-state index contributed by atoms with van der Waals surface area (Å²) in [6, 6.07) is 20.6. The van der Waals surface area contributed by atoms with Gasteiger partial charge in [-0.2, -0.15) is 0 Å². The molecule has 2 aromatic carbocycles. The van der Waals surface area contributed by atoms with Crippen LogP contribution in [-0.4, -0.2) is 41.9 Å². The summed E-state index contributed by atoms with van der Waals surface area (Å²) in [6.45, 7) is 4.86. The Balaban J connectivity index is 1.15. The highest BCUT2D eigenvalue weighted by molar-refractivity contribution is 7.12. The number of benzene rings is 2. The first-order valence-corrected chi connectivity index (χ1v) is 12.2. The van der Waals surface area contributed by atoms with Crippen molar-refractivity contribution in [2.75, 3.05) is 26.2 Å². The van der Waals surface area contributed by atoms with Crippen molar-refractivity contribution in [1.82, 2.24) is 9.80 Å². The Morgan fingerprint density at radius 2 is 1.74 bits per heavy atom. The van der Waals surface area contributed by atoms with Gasteiger partial charge in [-0.15, -0.1) is 22.7 Å². The fourth-order valence-electron chi connectivity index (χ4n) is 3.88. The van der Waals surface area contributed by atoms with E-state index in [1.165, 1.54) is 27.0 Å². The molecule has 1 saturated heterocycles. The molecule has 1 aliphatic heterocycles. The van der Waals surface area contributed by atoms with Crippen LogP contribution in [0.25, 0.3) is 10.8 Å². The molecule has 0 bridgehead atoms. The maximum atomic E-state index is 12.9. The highest BCUT2D eigenvalue weighted by atomic mass is 32.1. The number of nitrogens with zero attached hydrogens (tertiary/aromatic N) is 2. The number of fused-ring (bicyclic) bond motifs is 1. The van der Waals surface area contributed by atoms with Gasteiger partial charge in [0, 0.05) is 43.2 Å². The number of thiophene rings is 2. The van der Waals surface area contributed by atoms with Gasteiger partial charge in [0.2, 0.25) is 0 Å². The SMILES string of the molecule is O=C(c1cc(COc2ccc3ccccc3c2)cs1)N1CCN(Cc2cccs2)CC1. The minimum absolute atomic E-state index is 0.137. The van der Waals surface area contributed by atoms with E-state index >= 15 is 0 Å². The van der Waals surface area contributed by atoms with Crippen molar-refractivity contribution in [3.05, 3.63) is 86.7 Å². The number of piperazine rings is 1. The van der Waals surface area contributed by atoms with Gasteiger partial charge < -0.3 is 9.64 Å². The molecule has 1 aliphatic rings. The van der Waals surface area contributed by atoms with E-state index in [1.807, 2.05) is 34.5 Å². The molecule has 31 heavy (non-hydrogen) atoms. The minimum atomic E-state index is 0.137. The predicted octanol–water partition coefficient (Wildman–Crippen LogP) is 5.50. The van der Waals surface area contributed by atoms with Crippen molar-refractivity contribution in [2.24, 2.45) is 0 Å². The lowest BCUT2D eigenvalue weighted by Crippen LogP contribution is -2.48. The molecule has 0 aliphatic carbocycles. The molecule has 0 radical (unpaired) electrons. The molecule has 4 aromatic rings. The quantitative estimate of drug-likeness (QED) is 0.390. The number of amides is 1. The third-order valence-corrected chi connectivity index (χ3v) is 7.44. The van der Waals surface area contributed by atoms with Crippen molar-refractivity contribution >= 4 is 39.4 Å². The first-order valence-electron chi connectivity index (χ1n) is 10.5. The van der Waals surface area contributed by atoms with Crippen LogP contribution in [-0.2, 0) is 13.2 Å². The van der Waals surface area contributed by atoms with Gasteiger partial charge in [-0.3, -0.25) is 9.69 Å². The van der Waals surface area contributed by atoms with Gasteiger partial charge >= 0.3 is 0 Å². The monoisotopic (exact) mass is 448 g/mol. The average Bonchev–Trinajstić information content (AvgIpc) is 3.50. The molecule has 2 aromatic heterocycles. The van der Waals surface area contributed by atoms with Gasteiger partial charge in [0.1, 0.15) is 12.4 Å². The molecule has 5 rings (SSSR count). The largest absolute Gasteiger partial charge is 0.489 e. The third-order valence-electron chi connectivity index (χ3n) is 5.61. The van der Waals surface area contributed by atoms with Crippen LogP contribution in [0.15, 0.2) is 71.4 Å². The molecule has 0 N–H and O–H groups in total. The average molecular weight is 449 g/mol. The molecule has 158 valence electrons. The summed E-state index contributed by atoms with van der Waals surface area (Å²) in [4.78, 5) is 19.5. The maximum absolute atomic E-state index is 12.9. The van der Waals surface area contributed by atoms with Gasteiger partial charge in [0.25, 0.3) is 5.91 Å². The van der Waals surface area contributed by atoms with E-state index in [-0.39, 0.29) is 5.91 Å². The normalized spacial score (nSPS) is 14.8. The highest BCUT2D eigenvalue weighted by Gasteiger charge is 2.23. The van der Waals surface area contributed by atoms with Gasteiger partial charge in [0.05, 0.1) is 4.88 Å². The van der Waals surface area contributed by atoms with Gasteiger partial charge in [-0.05, 0) is 45.8 Å². The molecular formula is C25H24N2O2S2. The van der Waals surface area contributed by atoms with Crippen LogP contribution in [0.1, 0.15) is 20.1 Å². The number of carbonyl (C=O) groups excluding carboxylic acids is 1. The van der Waals surface area contributed by atoms with Crippen LogP contribution in [0, 0.1) is 0 Å². The minimum Gasteiger partial charge on any atom is -0.489 e. The van der Waals surface area contributed by atoms with Crippen molar-refractivity contribution in [3.63, 3.8) is 0 Å². The second kappa shape index (κ2) is 9.22. The zero-order valence-electron chi connectivity index (χ0n) is 17.2. The molecular weight excluding hydrogens is 424 g/mol. The molecule has 1 fully saturated rings. The van der Waals surface area contributed by atoms with E-state index < -0.39 is 0 Å². The Kier molecular flexibility index (Phi) is 6.02. The lowest BCUT2D eigenvalue weighted by atomic mass is 10.1. The van der Waals surface area contributed by atoms with Gasteiger partial charge in [0.15, 0.2) is 0 Å². The second-order valence-corrected chi connectivity index (χ2v) is 9.71. The number of hydrogen-bond acceptors (Lipinski definition) is 5. The Bertz CT molecular complexity index is 1160. The van der Waals surface area contributed by atoms with Crippen LogP contribution in [0.4, 0.5) is 0 Å². The lowest BCUT2D eigenvalue weighted by Gasteiger charge is -2.34. The fourth-order valence-corrected chi connectivity index (χ4v) is 5.49. The van der Waals surface area contributed by atoms with E-state index in [2.05, 4.69) is 46.7 Å². The molecule has 3 heterocycles. The summed E-state index contributed by atoms with van der Waals surface area (Å²) < 4.78 is 5.98. The summed E-state index contributed by atoms with van der Waals surface area (Å²) in [5.74, 6) is 0.984. The zero-order valence-corrected chi connectivity index (χ0v) is 18.8. The number of carbonyl (C=O) groups is 1. The Morgan fingerprint density at radius 3 is 2.55 bits per heavy atom. The predicted molar refractivity (Wildman–Crippen MR) is 128 cm³/mol. The van der Waals surface area contributed by atoms with Crippen LogP contribution in [0.3, 0.4) is 0 Å². The van der Waals surface area contributed by atoms with Crippen LogP contribution < -0.4 is 4.74 Å². The summed E-state index contributed by atoms with van der Waals surface area (Å²) in [5, 5.41) is 6.52. The second-order valence-electron chi connectivity index (χ2n) is 7.76. The van der Waals surface area contributed by atoms with E-state index in [9.17, 15) is 4.79 Å². The molecule has 0 unspecified atom stereocenters.